The summed E-state index contributed by atoms with van der Waals surface area (Å²) in [6.45, 7) is 0. The Labute approximate surface area is 81.8 Å². The third-order valence-corrected chi connectivity index (χ3v) is 7.30. The number of hydrogen-bond acceptors (Lipinski definition) is 4. The van der Waals surface area contributed by atoms with E-state index in [1.807, 2.05) is 0 Å². The molecule has 0 saturated heterocycles. The van der Waals surface area contributed by atoms with Crippen molar-refractivity contribution < 1.29 is 16.8 Å². The molecule has 0 aliphatic carbocycles. The Hall–Kier alpha value is -0.880. The number of benzene rings is 1. The van der Waals surface area contributed by atoms with Crippen LogP contribution >= 0.6 is 0 Å². The molecule has 0 unspecified atom stereocenters. The van der Waals surface area contributed by atoms with E-state index in [1.54, 1.807) is 24.3 Å². The van der Waals surface area contributed by atoms with E-state index >= 15 is 0 Å². The fourth-order valence-electron chi connectivity index (χ4n) is 1.40. The lowest BCUT2D eigenvalue weighted by molar-refractivity contribution is 0.579. The van der Waals surface area contributed by atoms with Crippen molar-refractivity contribution in [2.24, 2.45) is 0 Å². The molecule has 0 atom stereocenters. The highest BCUT2D eigenvalue weighted by Crippen LogP contribution is 2.26. The molecule has 0 amide bonds. The maximum Gasteiger partial charge on any atom is 0.258 e. The second-order valence-electron chi connectivity index (χ2n) is 3.17. The van der Waals surface area contributed by atoms with Crippen molar-refractivity contribution in [2.75, 3.05) is 0 Å². The molecule has 0 saturated carbocycles. The Morgan fingerprint density at radius 2 is 1.14 bits per heavy atom. The zero-order valence-corrected chi connectivity index (χ0v) is 8.81. The molecule has 0 aromatic heterocycles. The van der Waals surface area contributed by atoms with E-state index in [0.717, 1.165) is 0 Å². The van der Waals surface area contributed by atoms with Gasteiger partial charge in [0.2, 0.25) is 0 Å². The van der Waals surface area contributed by atoms with Crippen LogP contribution in [0.15, 0.2) is 24.3 Å². The predicted octanol–water partition coefficient (Wildman–Crippen LogP) is 0.445. The van der Waals surface area contributed by atoms with Crippen LogP contribution in [0.25, 0.3) is 0 Å². The van der Waals surface area contributed by atoms with Gasteiger partial charge >= 0.3 is 0 Å². The van der Waals surface area contributed by atoms with Crippen molar-refractivity contribution in [3.63, 3.8) is 0 Å². The van der Waals surface area contributed by atoms with Gasteiger partial charge in [-0.3, -0.25) is 0 Å². The van der Waals surface area contributed by atoms with Crippen LogP contribution in [0, 0.1) is 0 Å². The van der Waals surface area contributed by atoms with Gasteiger partial charge in [-0.05, 0) is 11.1 Å². The summed E-state index contributed by atoms with van der Waals surface area (Å²) in [7, 11) is -8.00. The first-order chi connectivity index (χ1) is 6.42. The average molecular weight is 232 g/mol. The molecule has 0 fully saturated rings. The van der Waals surface area contributed by atoms with Crippen LogP contribution in [0.5, 0.6) is 0 Å². The van der Waals surface area contributed by atoms with Crippen LogP contribution in [-0.4, -0.2) is 16.8 Å². The minimum Gasteiger partial charge on any atom is -0.212 e. The quantitative estimate of drug-likeness (QED) is 0.609. The van der Waals surface area contributed by atoms with Crippen molar-refractivity contribution in [3.8, 4) is 0 Å². The molecule has 0 N–H and O–H groups in total. The highest BCUT2D eigenvalue weighted by Gasteiger charge is 2.35. The maximum atomic E-state index is 11.3. The zero-order valence-electron chi connectivity index (χ0n) is 7.17. The molecule has 2 rings (SSSR count). The van der Waals surface area contributed by atoms with Crippen LogP contribution in [0.3, 0.4) is 0 Å². The molecule has 14 heavy (non-hydrogen) atoms. The lowest BCUT2D eigenvalue weighted by atomic mass is 10.1. The van der Waals surface area contributed by atoms with Crippen molar-refractivity contribution in [2.45, 2.75) is 11.5 Å². The van der Waals surface area contributed by atoms with Crippen molar-refractivity contribution in [3.05, 3.63) is 35.4 Å². The van der Waals surface area contributed by atoms with Crippen molar-refractivity contribution >= 4 is 17.7 Å². The molecule has 4 nitrogen and oxygen atoms in total. The molecular weight excluding hydrogens is 224 g/mol. The van der Waals surface area contributed by atoms with Crippen LogP contribution in [0.4, 0.5) is 0 Å². The molecule has 6 heteroatoms. The van der Waals surface area contributed by atoms with Crippen LogP contribution in [0.1, 0.15) is 11.1 Å². The Balaban J connectivity index is 2.69. The predicted molar refractivity (Wildman–Crippen MR) is 51.7 cm³/mol. The van der Waals surface area contributed by atoms with Crippen LogP contribution in [-0.2, 0) is 29.2 Å². The van der Waals surface area contributed by atoms with Crippen molar-refractivity contribution in [1.29, 1.82) is 0 Å². The van der Waals surface area contributed by atoms with Gasteiger partial charge in [0.05, 0.1) is 11.5 Å². The number of hydrogen-bond donors (Lipinski definition) is 0. The number of fused-ring (bicyclic) bond motifs is 1. The van der Waals surface area contributed by atoms with E-state index in [0.29, 0.717) is 11.1 Å². The highest BCUT2D eigenvalue weighted by molar-refractivity contribution is 8.66. The summed E-state index contributed by atoms with van der Waals surface area (Å²) >= 11 is 0. The summed E-state index contributed by atoms with van der Waals surface area (Å²) < 4.78 is 45.1. The molecular formula is C8H8O4S2. The average Bonchev–Trinajstić information content (AvgIpc) is 2.05. The molecule has 1 aliphatic heterocycles. The largest absolute Gasteiger partial charge is 0.258 e. The third kappa shape index (κ3) is 1.34. The van der Waals surface area contributed by atoms with Crippen LogP contribution < -0.4 is 0 Å². The first-order valence-electron chi connectivity index (χ1n) is 3.95. The second kappa shape index (κ2) is 2.80. The standard InChI is InChI=1S/C8H8O4S2/c9-13(10)5-7-3-1-2-4-8(7)6-14(13,11)12/h1-4H,5-6H2. The van der Waals surface area contributed by atoms with Gasteiger partial charge in [-0.15, -0.1) is 0 Å². The minimum atomic E-state index is -4.00. The van der Waals surface area contributed by atoms with E-state index in [-0.39, 0.29) is 0 Å². The summed E-state index contributed by atoms with van der Waals surface area (Å²) in [5, 5.41) is 0. The Morgan fingerprint density at radius 1 is 0.786 bits per heavy atom. The minimum absolute atomic E-state index is 0.397. The first-order valence-corrected chi connectivity index (χ1v) is 7.77. The number of rotatable bonds is 0. The Bertz CT molecular complexity index is 516. The lowest BCUT2D eigenvalue weighted by Crippen LogP contribution is -2.25. The summed E-state index contributed by atoms with van der Waals surface area (Å²) in [6, 6.07) is 6.68. The van der Waals surface area contributed by atoms with Gasteiger partial charge in [0.1, 0.15) is 0 Å². The molecule has 0 spiro atoms. The van der Waals surface area contributed by atoms with E-state index in [4.69, 9.17) is 0 Å². The van der Waals surface area contributed by atoms with E-state index in [2.05, 4.69) is 0 Å². The fraction of sp³-hybridized carbons (Fsp3) is 0.250. The first kappa shape index (κ1) is 9.67. The monoisotopic (exact) mass is 232 g/mol. The molecule has 1 aromatic rings. The summed E-state index contributed by atoms with van der Waals surface area (Å²) in [4.78, 5) is 0. The van der Waals surface area contributed by atoms with Gasteiger partial charge in [0, 0.05) is 0 Å². The molecule has 1 aromatic carbocycles. The highest BCUT2D eigenvalue weighted by atomic mass is 33.2. The van der Waals surface area contributed by atoms with Gasteiger partial charge in [-0.1, -0.05) is 24.3 Å². The van der Waals surface area contributed by atoms with Gasteiger partial charge in [0.15, 0.2) is 0 Å². The lowest BCUT2D eigenvalue weighted by Gasteiger charge is -2.15. The molecule has 1 aliphatic rings. The van der Waals surface area contributed by atoms with Gasteiger partial charge in [0.25, 0.3) is 17.7 Å². The Kier molecular flexibility index (Phi) is 1.94. The SMILES string of the molecule is O=S1(=O)Cc2ccccc2CS1(=O)=O. The summed E-state index contributed by atoms with van der Waals surface area (Å²) in [6.07, 6.45) is 0. The summed E-state index contributed by atoms with van der Waals surface area (Å²) in [5.74, 6) is -0.795. The second-order valence-corrected chi connectivity index (χ2v) is 9.03. The van der Waals surface area contributed by atoms with E-state index in [9.17, 15) is 16.8 Å². The molecule has 76 valence electrons. The topological polar surface area (TPSA) is 68.3 Å². The van der Waals surface area contributed by atoms with Gasteiger partial charge in [-0.25, -0.2) is 16.8 Å². The molecule has 0 radical (unpaired) electrons. The van der Waals surface area contributed by atoms with Crippen molar-refractivity contribution in [1.82, 2.24) is 0 Å². The zero-order chi connectivity index (χ0) is 10.4. The van der Waals surface area contributed by atoms with Gasteiger partial charge < -0.3 is 0 Å². The molecule has 1 heterocycles. The van der Waals surface area contributed by atoms with E-state index < -0.39 is 29.2 Å². The summed E-state index contributed by atoms with van der Waals surface area (Å²) in [5.41, 5.74) is 1.17. The normalized spacial score (nSPS) is 22.6. The fourth-order valence-corrected chi connectivity index (χ4v) is 4.92. The smallest absolute Gasteiger partial charge is 0.212 e. The maximum absolute atomic E-state index is 11.3. The van der Waals surface area contributed by atoms with Gasteiger partial charge in [-0.2, -0.15) is 0 Å². The third-order valence-electron chi connectivity index (χ3n) is 2.17. The molecule has 0 bridgehead atoms. The van der Waals surface area contributed by atoms with E-state index in [1.165, 1.54) is 0 Å². The Morgan fingerprint density at radius 3 is 1.50 bits per heavy atom. The van der Waals surface area contributed by atoms with Crippen LogP contribution in [0.2, 0.25) is 0 Å².